The lowest BCUT2D eigenvalue weighted by molar-refractivity contribution is 0.122. The zero-order valence-electron chi connectivity index (χ0n) is 19.3. The number of nitrogens with one attached hydrogen (secondary N) is 2. The Morgan fingerprint density at radius 3 is 2.77 bits per heavy atom. The van der Waals surface area contributed by atoms with Crippen molar-refractivity contribution in [3.8, 4) is 0 Å². The number of likely N-dealkylation sites (tertiary alicyclic amines) is 1. The summed E-state index contributed by atoms with van der Waals surface area (Å²) in [5, 5.41) is 12.2. The van der Waals surface area contributed by atoms with E-state index in [0.717, 1.165) is 30.6 Å². The van der Waals surface area contributed by atoms with E-state index in [1.807, 2.05) is 37.1 Å². The number of guanidine groups is 1. The van der Waals surface area contributed by atoms with Crippen molar-refractivity contribution in [1.82, 2.24) is 30.2 Å². The van der Waals surface area contributed by atoms with Crippen LogP contribution in [0.25, 0.3) is 0 Å². The molecule has 170 valence electrons. The van der Waals surface area contributed by atoms with Gasteiger partial charge in [-0.2, -0.15) is 5.10 Å². The van der Waals surface area contributed by atoms with Gasteiger partial charge in [-0.15, -0.1) is 0 Å². The molecule has 8 heteroatoms. The molecule has 2 aromatic rings. The fourth-order valence-electron chi connectivity index (χ4n) is 4.54. The number of halogens is 1. The minimum absolute atomic E-state index is 0.215. The molecule has 2 heterocycles. The number of hydrogen-bond acceptors (Lipinski definition) is 4. The molecule has 0 saturated carbocycles. The Morgan fingerprint density at radius 1 is 1.32 bits per heavy atom. The van der Waals surface area contributed by atoms with E-state index in [-0.39, 0.29) is 6.04 Å². The highest BCUT2D eigenvalue weighted by Gasteiger charge is 2.30. The molecule has 0 amide bonds. The first-order valence-electron chi connectivity index (χ1n) is 10.9. The van der Waals surface area contributed by atoms with E-state index < -0.39 is 0 Å². The summed E-state index contributed by atoms with van der Waals surface area (Å²) in [6.45, 7) is 2.72. The van der Waals surface area contributed by atoms with Crippen molar-refractivity contribution in [2.45, 2.75) is 24.9 Å². The Bertz CT molecular complexity index is 863. The molecule has 0 aliphatic carbocycles. The largest absolute Gasteiger partial charge is 0.356 e. The van der Waals surface area contributed by atoms with Crippen LogP contribution in [0.4, 0.5) is 0 Å². The van der Waals surface area contributed by atoms with E-state index in [0.29, 0.717) is 12.0 Å². The topological polar surface area (TPSA) is 60.7 Å². The first kappa shape index (κ1) is 23.6. The first-order chi connectivity index (χ1) is 14.9. The standard InChI is InChI=1S/C23H36ClN7/c1-25-23(27-15-21(29(2)3)19-14-28-31(5)16-19)26-13-18-9-7-11-30(4)22(18)17-8-6-10-20(24)12-17/h6,8,10,12,14,16,18,21-22H,7,9,11,13,15H2,1-5H3,(H2,25,26,27). The number of aromatic nitrogens is 2. The molecule has 3 unspecified atom stereocenters. The second-order valence-electron chi connectivity index (χ2n) is 8.64. The average molecular weight is 446 g/mol. The fraction of sp³-hybridized carbons (Fsp3) is 0.565. The smallest absolute Gasteiger partial charge is 0.191 e. The second kappa shape index (κ2) is 11.0. The molecule has 31 heavy (non-hydrogen) atoms. The summed E-state index contributed by atoms with van der Waals surface area (Å²) in [6.07, 6.45) is 6.38. The highest BCUT2D eigenvalue weighted by molar-refractivity contribution is 6.30. The monoisotopic (exact) mass is 445 g/mol. The third-order valence-electron chi connectivity index (χ3n) is 6.15. The van der Waals surface area contributed by atoms with Gasteiger partial charge in [0.1, 0.15) is 0 Å². The molecule has 0 bridgehead atoms. The van der Waals surface area contributed by atoms with Crippen LogP contribution in [0.5, 0.6) is 0 Å². The third kappa shape index (κ3) is 6.21. The van der Waals surface area contributed by atoms with E-state index in [2.05, 4.69) is 70.0 Å². The molecule has 1 aliphatic heterocycles. The minimum atomic E-state index is 0.215. The lowest BCUT2D eigenvalue weighted by atomic mass is 9.85. The summed E-state index contributed by atoms with van der Waals surface area (Å²) >= 11 is 6.28. The molecule has 0 spiro atoms. The zero-order chi connectivity index (χ0) is 22.4. The van der Waals surface area contributed by atoms with Crippen molar-refractivity contribution in [1.29, 1.82) is 0 Å². The summed E-state index contributed by atoms with van der Waals surface area (Å²) in [5.74, 6) is 1.31. The lowest BCUT2D eigenvalue weighted by Crippen LogP contribution is -2.46. The molecule has 1 fully saturated rings. The van der Waals surface area contributed by atoms with Crippen LogP contribution in [0.15, 0.2) is 41.7 Å². The summed E-state index contributed by atoms with van der Waals surface area (Å²) in [6, 6.07) is 8.84. The van der Waals surface area contributed by atoms with Crippen LogP contribution in [0, 0.1) is 5.92 Å². The minimum Gasteiger partial charge on any atom is -0.356 e. The maximum atomic E-state index is 6.28. The van der Waals surface area contributed by atoms with Crippen molar-refractivity contribution in [2.75, 3.05) is 47.8 Å². The van der Waals surface area contributed by atoms with Gasteiger partial charge in [0.2, 0.25) is 0 Å². The zero-order valence-corrected chi connectivity index (χ0v) is 20.1. The van der Waals surface area contributed by atoms with Crippen molar-refractivity contribution < 1.29 is 0 Å². The Labute approximate surface area is 191 Å². The molecule has 7 nitrogen and oxygen atoms in total. The van der Waals surface area contributed by atoms with Gasteiger partial charge in [-0.25, -0.2) is 0 Å². The number of hydrogen-bond donors (Lipinski definition) is 2. The molecule has 1 aromatic heterocycles. The highest BCUT2D eigenvalue weighted by Crippen LogP contribution is 2.35. The molecule has 2 N–H and O–H groups in total. The van der Waals surface area contributed by atoms with E-state index in [1.54, 1.807) is 0 Å². The summed E-state index contributed by atoms with van der Waals surface area (Å²) in [4.78, 5) is 9.10. The first-order valence-corrected chi connectivity index (χ1v) is 11.3. The van der Waals surface area contributed by atoms with Gasteiger partial charge in [-0.1, -0.05) is 23.7 Å². The Kier molecular flexibility index (Phi) is 8.35. The van der Waals surface area contributed by atoms with Crippen molar-refractivity contribution in [3.05, 3.63) is 52.8 Å². The van der Waals surface area contributed by atoms with Gasteiger partial charge in [0, 0.05) is 50.0 Å². The van der Waals surface area contributed by atoms with Crippen LogP contribution in [-0.2, 0) is 7.05 Å². The van der Waals surface area contributed by atoms with Crippen LogP contribution in [-0.4, -0.2) is 73.4 Å². The maximum absolute atomic E-state index is 6.28. The molecule has 3 atom stereocenters. The summed E-state index contributed by atoms with van der Waals surface area (Å²) in [5.41, 5.74) is 2.47. The molecular formula is C23H36ClN7. The van der Waals surface area contributed by atoms with Gasteiger partial charge in [0.15, 0.2) is 5.96 Å². The molecule has 1 saturated heterocycles. The van der Waals surface area contributed by atoms with E-state index in [4.69, 9.17) is 11.6 Å². The highest BCUT2D eigenvalue weighted by atomic mass is 35.5. The average Bonchev–Trinajstić information content (AvgIpc) is 3.16. The molecule has 1 aliphatic rings. The number of rotatable bonds is 7. The number of aryl methyl sites for hydroxylation is 1. The van der Waals surface area contributed by atoms with Crippen LogP contribution in [0.1, 0.15) is 36.1 Å². The second-order valence-corrected chi connectivity index (χ2v) is 9.08. The number of nitrogens with zero attached hydrogens (tertiary/aromatic N) is 5. The van der Waals surface area contributed by atoms with Crippen molar-refractivity contribution >= 4 is 17.6 Å². The van der Waals surface area contributed by atoms with Gasteiger partial charge in [0.05, 0.1) is 12.2 Å². The van der Waals surface area contributed by atoms with E-state index >= 15 is 0 Å². The number of likely N-dealkylation sites (N-methyl/N-ethyl adjacent to an activating group) is 1. The van der Waals surface area contributed by atoms with Crippen LogP contribution in [0.3, 0.4) is 0 Å². The number of benzene rings is 1. The maximum Gasteiger partial charge on any atom is 0.191 e. The van der Waals surface area contributed by atoms with E-state index in [9.17, 15) is 0 Å². The third-order valence-corrected chi connectivity index (χ3v) is 6.38. The molecule has 3 rings (SSSR count). The quantitative estimate of drug-likeness (QED) is 0.507. The van der Waals surface area contributed by atoms with Gasteiger partial charge in [-0.3, -0.25) is 14.6 Å². The SMILES string of the molecule is CN=C(NCC1CCCN(C)C1c1cccc(Cl)c1)NCC(c1cnn(C)c1)N(C)C. The molecule has 0 radical (unpaired) electrons. The predicted molar refractivity (Wildman–Crippen MR) is 129 cm³/mol. The van der Waals surface area contributed by atoms with Crippen LogP contribution in [0.2, 0.25) is 5.02 Å². The Hall–Kier alpha value is -2.09. The number of aliphatic imine (C=N–C) groups is 1. The van der Waals surface area contributed by atoms with Gasteiger partial charge in [0.25, 0.3) is 0 Å². The fourth-order valence-corrected chi connectivity index (χ4v) is 4.74. The Balaban J connectivity index is 1.62. The van der Waals surface area contributed by atoms with Gasteiger partial charge >= 0.3 is 0 Å². The van der Waals surface area contributed by atoms with Gasteiger partial charge < -0.3 is 15.5 Å². The Morgan fingerprint density at radius 2 is 2.13 bits per heavy atom. The van der Waals surface area contributed by atoms with Crippen LogP contribution >= 0.6 is 11.6 Å². The van der Waals surface area contributed by atoms with Gasteiger partial charge in [-0.05, 0) is 64.1 Å². The lowest BCUT2D eigenvalue weighted by Gasteiger charge is -2.40. The normalized spacial score (nSPS) is 21.3. The van der Waals surface area contributed by atoms with E-state index in [1.165, 1.54) is 24.0 Å². The summed E-state index contributed by atoms with van der Waals surface area (Å²) in [7, 11) is 10.2. The van der Waals surface area contributed by atoms with Crippen molar-refractivity contribution in [2.24, 2.45) is 18.0 Å². The molecular weight excluding hydrogens is 410 g/mol. The molecule has 1 aromatic carbocycles. The van der Waals surface area contributed by atoms with Crippen LogP contribution < -0.4 is 10.6 Å². The summed E-state index contributed by atoms with van der Waals surface area (Å²) < 4.78 is 1.84. The number of piperidine rings is 1. The predicted octanol–water partition coefficient (Wildman–Crippen LogP) is 2.92. The van der Waals surface area contributed by atoms with Crippen molar-refractivity contribution in [3.63, 3.8) is 0 Å².